The zero-order valence-corrected chi connectivity index (χ0v) is 9.07. The van der Waals surface area contributed by atoms with E-state index in [0.717, 1.165) is 11.3 Å². The van der Waals surface area contributed by atoms with Gasteiger partial charge in [-0.15, -0.1) is 0 Å². The van der Waals surface area contributed by atoms with Crippen LogP contribution in [0.1, 0.15) is 5.89 Å². The topological polar surface area (TPSA) is 48.2 Å². The molecule has 1 heterocycles. The van der Waals surface area contributed by atoms with Crippen LogP contribution in [-0.2, 0) is 5.75 Å². The van der Waals surface area contributed by atoms with Crippen molar-refractivity contribution in [3.05, 3.63) is 30.2 Å². The van der Waals surface area contributed by atoms with E-state index in [9.17, 15) is 0 Å². The molecule has 5 heteroatoms. The Labute approximate surface area is 92.7 Å². The summed E-state index contributed by atoms with van der Waals surface area (Å²) >= 11 is 4.06. The first kappa shape index (κ1) is 10.0. The minimum Gasteiger partial charge on any atom is -0.496 e. The summed E-state index contributed by atoms with van der Waals surface area (Å²) < 4.78 is 10.2. The van der Waals surface area contributed by atoms with Gasteiger partial charge in [0, 0.05) is 0 Å². The van der Waals surface area contributed by atoms with Gasteiger partial charge in [0.15, 0.2) is 0 Å². The first-order chi connectivity index (χ1) is 7.35. The van der Waals surface area contributed by atoms with Crippen LogP contribution in [-0.4, -0.2) is 17.3 Å². The molecule has 15 heavy (non-hydrogen) atoms. The highest BCUT2D eigenvalue weighted by atomic mass is 32.1. The summed E-state index contributed by atoms with van der Waals surface area (Å²) in [5, 5.41) is 3.85. The van der Waals surface area contributed by atoms with Crippen LogP contribution in [0.2, 0.25) is 0 Å². The number of benzene rings is 1. The van der Waals surface area contributed by atoms with Crippen LogP contribution in [0, 0.1) is 0 Å². The predicted octanol–water partition coefficient (Wildman–Crippen LogP) is 2.18. The molecule has 1 aromatic heterocycles. The minimum atomic E-state index is 0.433. The van der Waals surface area contributed by atoms with Gasteiger partial charge in [0.1, 0.15) is 5.75 Å². The average Bonchev–Trinajstić information content (AvgIpc) is 2.77. The highest BCUT2D eigenvalue weighted by Crippen LogP contribution is 2.27. The zero-order chi connectivity index (χ0) is 10.7. The Morgan fingerprint density at radius 2 is 2.20 bits per heavy atom. The molecule has 0 aliphatic carbocycles. The lowest BCUT2D eigenvalue weighted by atomic mass is 10.2. The number of nitrogens with zero attached hydrogens (tertiary/aromatic N) is 2. The lowest BCUT2D eigenvalue weighted by Crippen LogP contribution is -1.88. The second-order valence-electron chi connectivity index (χ2n) is 2.87. The summed E-state index contributed by atoms with van der Waals surface area (Å²) in [6.45, 7) is 0. The largest absolute Gasteiger partial charge is 0.496 e. The Morgan fingerprint density at radius 3 is 2.87 bits per heavy atom. The van der Waals surface area contributed by atoms with Gasteiger partial charge in [0.2, 0.25) is 11.7 Å². The Hall–Kier alpha value is -1.49. The number of ether oxygens (including phenoxy) is 1. The highest BCUT2D eigenvalue weighted by molar-refractivity contribution is 7.79. The van der Waals surface area contributed by atoms with E-state index in [2.05, 4.69) is 22.8 Å². The third kappa shape index (κ3) is 1.97. The normalized spacial score (nSPS) is 10.3. The van der Waals surface area contributed by atoms with Gasteiger partial charge < -0.3 is 9.26 Å². The molecule has 0 saturated heterocycles. The molecule has 2 aromatic rings. The van der Waals surface area contributed by atoms with Gasteiger partial charge in [0.05, 0.1) is 18.4 Å². The maximum absolute atomic E-state index is 5.20. The van der Waals surface area contributed by atoms with E-state index in [-0.39, 0.29) is 0 Å². The maximum Gasteiger partial charge on any atom is 0.236 e. The van der Waals surface area contributed by atoms with Crippen LogP contribution in [0.3, 0.4) is 0 Å². The molecule has 0 atom stereocenters. The monoisotopic (exact) mass is 222 g/mol. The SMILES string of the molecule is COc1ccccc1-c1noc(CS)n1. The summed E-state index contributed by atoms with van der Waals surface area (Å²) in [6, 6.07) is 7.52. The molecule has 4 nitrogen and oxygen atoms in total. The third-order valence-corrected chi connectivity index (χ3v) is 2.22. The molecule has 0 aliphatic heterocycles. The number of aromatic nitrogens is 2. The molecule has 0 bridgehead atoms. The molecular weight excluding hydrogens is 212 g/mol. The van der Waals surface area contributed by atoms with Crippen LogP contribution in [0.5, 0.6) is 5.75 Å². The lowest BCUT2D eigenvalue weighted by molar-refractivity contribution is 0.390. The summed E-state index contributed by atoms with van der Waals surface area (Å²) in [7, 11) is 1.61. The summed E-state index contributed by atoms with van der Waals surface area (Å²) in [4.78, 5) is 4.17. The van der Waals surface area contributed by atoms with Crippen LogP contribution in [0.4, 0.5) is 0 Å². The molecule has 0 N–H and O–H groups in total. The van der Waals surface area contributed by atoms with Crippen molar-refractivity contribution in [1.29, 1.82) is 0 Å². The molecule has 0 fully saturated rings. The number of hydrogen-bond donors (Lipinski definition) is 1. The molecular formula is C10H10N2O2S. The van der Waals surface area contributed by atoms with Crippen LogP contribution < -0.4 is 4.74 Å². The summed E-state index contributed by atoms with van der Waals surface area (Å²) in [6.07, 6.45) is 0. The Morgan fingerprint density at radius 1 is 1.40 bits per heavy atom. The zero-order valence-electron chi connectivity index (χ0n) is 8.17. The molecule has 0 amide bonds. The molecule has 0 saturated carbocycles. The van der Waals surface area contributed by atoms with Gasteiger partial charge in [-0.1, -0.05) is 17.3 Å². The van der Waals surface area contributed by atoms with Gasteiger partial charge >= 0.3 is 0 Å². The Balaban J connectivity index is 2.44. The fourth-order valence-corrected chi connectivity index (χ4v) is 1.39. The fraction of sp³-hybridized carbons (Fsp3) is 0.200. The van der Waals surface area contributed by atoms with E-state index in [4.69, 9.17) is 9.26 Å². The Kier molecular flexibility index (Phi) is 2.91. The Bertz CT molecular complexity index is 456. The van der Waals surface area contributed by atoms with Crippen LogP contribution >= 0.6 is 12.6 Å². The smallest absolute Gasteiger partial charge is 0.236 e. The second kappa shape index (κ2) is 4.35. The number of methoxy groups -OCH3 is 1. The number of hydrogen-bond acceptors (Lipinski definition) is 5. The number of para-hydroxylation sites is 1. The average molecular weight is 222 g/mol. The third-order valence-electron chi connectivity index (χ3n) is 1.95. The predicted molar refractivity (Wildman–Crippen MR) is 59.0 cm³/mol. The first-order valence-corrected chi connectivity index (χ1v) is 5.05. The first-order valence-electron chi connectivity index (χ1n) is 4.42. The lowest BCUT2D eigenvalue weighted by Gasteiger charge is -2.02. The van der Waals surface area contributed by atoms with E-state index in [1.165, 1.54) is 0 Å². The van der Waals surface area contributed by atoms with Gasteiger partial charge in [0.25, 0.3) is 0 Å². The molecule has 78 valence electrons. The minimum absolute atomic E-state index is 0.433. The van der Waals surface area contributed by atoms with Crippen molar-refractivity contribution in [2.75, 3.05) is 7.11 Å². The van der Waals surface area contributed by atoms with E-state index in [1.54, 1.807) is 7.11 Å². The fourth-order valence-electron chi connectivity index (χ4n) is 1.26. The quantitative estimate of drug-likeness (QED) is 0.808. The number of thiol groups is 1. The van der Waals surface area contributed by atoms with Crippen LogP contribution in [0.15, 0.2) is 28.8 Å². The van der Waals surface area contributed by atoms with Gasteiger partial charge in [-0.05, 0) is 12.1 Å². The van der Waals surface area contributed by atoms with Gasteiger partial charge in [-0.3, -0.25) is 0 Å². The molecule has 2 rings (SSSR count). The van der Waals surface area contributed by atoms with E-state index in [0.29, 0.717) is 17.5 Å². The van der Waals surface area contributed by atoms with Crippen molar-refractivity contribution in [2.24, 2.45) is 0 Å². The summed E-state index contributed by atoms with van der Waals surface area (Å²) in [5.41, 5.74) is 0.816. The van der Waals surface area contributed by atoms with E-state index >= 15 is 0 Å². The molecule has 1 aromatic carbocycles. The standard InChI is InChI=1S/C10H10N2O2S/c1-13-8-5-3-2-4-7(8)10-11-9(6-15)14-12-10/h2-5,15H,6H2,1H3. The second-order valence-corrected chi connectivity index (χ2v) is 3.19. The van der Waals surface area contributed by atoms with Crippen molar-refractivity contribution in [3.63, 3.8) is 0 Å². The van der Waals surface area contributed by atoms with Crippen molar-refractivity contribution < 1.29 is 9.26 Å². The molecule has 0 spiro atoms. The molecule has 0 aliphatic rings. The van der Waals surface area contributed by atoms with Gasteiger partial charge in [-0.25, -0.2) is 0 Å². The van der Waals surface area contributed by atoms with E-state index in [1.807, 2.05) is 24.3 Å². The highest BCUT2D eigenvalue weighted by Gasteiger charge is 2.11. The van der Waals surface area contributed by atoms with Crippen molar-refractivity contribution in [3.8, 4) is 17.1 Å². The van der Waals surface area contributed by atoms with E-state index < -0.39 is 0 Å². The van der Waals surface area contributed by atoms with Crippen molar-refractivity contribution in [1.82, 2.24) is 10.1 Å². The van der Waals surface area contributed by atoms with Crippen molar-refractivity contribution in [2.45, 2.75) is 5.75 Å². The molecule has 0 radical (unpaired) electrons. The van der Waals surface area contributed by atoms with Crippen molar-refractivity contribution >= 4 is 12.6 Å². The van der Waals surface area contributed by atoms with Crippen LogP contribution in [0.25, 0.3) is 11.4 Å². The number of rotatable bonds is 3. The summed E-state index contributed by atoms with van der Waals surface area (Å²) in [5.74, 6) is 2.18. The molecule has 0 unspecified atom stereocenters. The van der Waals surface area contributed by atoms with Gasteiger partial charge in [-0.2, -0.15) is 17.6 Å². The maximum atomic E-state index is 5.20.